The zero-order valence-corrected chi connectivity index (χ0v) is 14.4. The maximum absolute atomic E-state index is 12.4. The van der Waals surface area contributed by atoms with Crippen LogP contribution in [0.25, 0.3) is 0 Å². The molecule has 0 atom stereocenters. The van der Waals surface area contributed by atoms with Crippen LogP contribution in [-0.2, 0) is 12.5 Å². The molecule has 2 amide bonds. The zero-order valence-electron chi connectivity index (χ0n) is 14.4. The third-order valence-corrected chi connectivity index (χ3v) is 5.30. The van der Waals surface area contributed by atoms with Gasteiger partial charge in [0.15, 0.2) is 0 Å². The molecule has 4 rings (SSSR count). The van der Waals surface area contributed by atoms with Crippen LogP contribution in [0.1, 0.15) is 42.9 Å². The van der Waals surface area contributed by atoms with Crippen molar-refractivity contribution in [3.63, 3.8) is 0 Å². The first kappa shape index (κ1) is 16.1. The molecule has 0 bridgehead atoms. The van der Waals surface area contributed by atoms with E-state index in [0.717, 1.165) is 24.2 Å². The standard InChI is InChI=1S/C19H24N4O2/c1-23-11-16(17(22-23)13-7-8-13)21-18(25)20-12-19(9-15(24)10-19)14-5-3-2-4-6-14/h2-6,11,13,15,24H,7-10,12H2,1H3,(H2,20,21,25). The van der Waals surface area contributed by atoms with Crippen LogP contribution in [-0.4, -0.2) is 33.6 Å². The van der Waals surface area contributed by atoms with Gasteiger partial charge in [-0.25, -0.2) is 4.79 Å². The van der Waals surface area contributed by atoms with Crippen LogP contribution in [0, 0.1) is 0 Å². The quantitative estimate of drug-likeness (QED) is 0.782. The van der Waals surface area contributed by atoms with E-state index < -0.39 is 0 Å². The highest BCUT2D eigenvalue weighted by atomic mass is 16.3. The summed E-state index contributed by atoms with van der Waals surface area (Å²) in [5.74, 6) is 0.481. The van der Waals surface area contributed by atoms with E-state index in [9.17, 15) is 9.90 Å². The summed E-state index contributed by atoms with van der Waals surface area (Å²) in [6.45, 7) is 0.513. The number of carbonyl (C=O) groups is 1. The van der Waals surface area contributed by atoms with E-state index in [0.29, 0.717) is 25.3 Å². The largest absolute Gasteiger partial charge is 0.393 e. The van der Waals surface area contributed by atoms with Crippen LogP contribution in [0.5, 0.6) is 0 Å². The van der Waals surface area contributed by atoms with Crippen LogP contribution in [0.15, 0.2) is 36.5 Å². The summed E-state index contributed by atoms with van der Waals surface area (Å²) in [5.41, 5.74) is 2.77. The Labute approximate surface area is 147 Å². The number of amides is 2. The zero-order chi connectivity index (χ0) is 17.4. The van der Waals surface area contributed by atoms with Crippen LogP contribution >= 0.6 is 0 Å². The molecule has 2 fully saturated rings. The van der Waals surface area contributed by atoms with Gasteiger partial charge < -0.3 is 15.7 Å². The number of carbonyl (C=O) groups excluding carboxylic acids is 1. The maximum atomic E-state index is 12.4. The third kappa shape index (κ3) is 3.26. The molecule has 1 heterocycles. The molecule has 2 aromatic rings. The van der Waals surface area contributed by atoms with Crippen LogP contribution < -0.4 is 10.6 Å². The van der Waals surface area contributed by atoms with Crippen LogP contribution in [0.2, 0.25) is 0 Å². The normalized spacial score (nSPS) is 25.3. The molecule has 0 saturated heterocycles. The van der Waals surface area contributed by atoms with Crippen molar-refractivity contribution in [3.8, 4) is 0 Å². The molecule has 6 nitrogen and oxygen atoms in total. The third-order valence-electron chi connectivity index (χ3n) is 5.30. The van der Waals surface area contributed by atoms with Gasteiger partial charge in [-0.05, 0) is 31.2 Å². The van der Waals surface area contributed by atoms with Crippen molar-refractivity contribution in [3.05, 3.63) is 47.8 Å². The van der Waals surface area contributed by atoms with Gasteiger partial charge in [0.25, 0.3) is 0 Å². The number of nitrogens with zero attached hydrogens (tertiary/aromatic N) is 2. The molecule has 0 radical (unpaired) electrons. The van der Waals surface area contributed by atoms with Crippen molar-refractivity contribution >= 4 is 11.7 Å². The number of anilines is 1. The molecule has 2 aliphatic carbocycles. The number of hydrogen-bond donors (Lipinski definition) is 3. The first-order valence-corrected chi connectivity index (χ1v) is 8.88. The van der Waals surface area contributed by atoms with Crippen molar-refractivity contribution in [2.45, 2.75) is 43.1 Å². The monoisotopic (exact) mass is 340 g/mol. The fraction of sp³-hybridized carbons (Fsp3) is 0.474. The van der Waals surface area contributed by atoms with Gasteiger partial charge in [-0.15, -0.1) is 0 Å². The molecule has 6 heteroatoms. The predicted molar refractivity (Wildman–Crippen MR) is 95.6 cm³/mol. The second-order valence-corrected chi connectivity index (χ2v) is 7.39. The lowest BCUT2D eigenvalue weighted by Crippen LogP contribution is -2.52. The van der Waals surface area contributed by atoms with E-state index >= 15 is 0 Å². The summed E-state index contributed by atoms with van der Waals surface area (Å²) < 4.78 is 1.75. The van der Waals surface area contributed by atoms with Gasteiger partial charge in [-0.3, -0.25) is 4.68 Å². The Balaban J connectivity index is 1.41. The van der Waals surface area contributed by atoms with Crippen molar-refractivity contribution < 1.29 is 9.90 Å². The molecule has 2 aliphatic rings. The van der Waals surface area contributed by atoms with E-state index in [1.807, 2.05) is 31.4 Å². The second kappa shape index (κ2) is 6.19. The summed E-state index contributed by atoms with van der Waals surface area (Å²) in [5, 5.41) is 20.2. The summed E-state index contributed by atoms with van der Waals surface area (Å²) in [6, 6.07) is 9.90. The van der Waals surface area contributed by atoms with Gasteiger partial charge in [-0.2, -0.15) is 5.10 Å². The summed E-state index contributed by atoms with van der Waals surface area (Å²) in [4.78, 5) is 12.4. The van der Waals surface area contributed by atoms with Gasteiger partial charge in [0.2, 0.25) is 0 Å². The number of nitrogens with one attached hydrogen (secondary N) is 2. The van der Waals surface area contributed by atoms with Crippen LogP contribution in [0.4, 0.5) is 10.5 Å². The Morgan fingerprint density at radius 2 is 2.04 bits per heavy atom. The maximum Gasteiger partial charge on any atom is 0.319 e. The minimum atomic E-state index is -0.287. The number of aliphatic hydroxyl groups excluding tert-OH is 1. The highest BCUT2D eigenvalue weighted by Crippen LogP contribution is 2.44. The molecular weight excluding hydrogens is 316 g/mol. The second-order valence-electron chi connectivity index (χ2n) is 7.39. The first-order chi connectivity index (χ1) is 12.1. The van der Waals surface area contributed by atoms with Gasteiger partial charge in [0, 0.05) is 31.1 Å². The molecule has 0 unspecified atom stereocenters. The molecule has 132 valence electrons. The minimum Gasteiger partial charge on any atom is -0.393 e. The average Bonchev–Trinajstić information content (AvgIpc) is 3.35. The highest BCUT2D eigenvalue weighted by molar-refractivity contribution is 5.90. The minimum absolute atomic E-state index is 0.174. The van der Waals surface area contributed by atoms with Gasteiger partial charge in [0.05, 0.1) is 17.5 Å². The lowest BCUT2D eigenvalue weighted by molar-refractivity contribution is 0.0193. The fourth-order valence-electron chi connectivity index (χ4n) is 3.79. The SMILES string of the molecule is Cn1cc(NC(=O)NCC2(c3ccccc3)CC(O)C2)c(C2CC2)n1. The summed E-state index contributed by atoms with van der Waals surface area (Å²) in [6.07, 6.45) is 5.21. The molecule has 1 aromatic carbocycles. The van der Waals surface area contributed by atoms with E-state index in [-0.39, 0.29) is 17.6 Å². The molecule has 0 spiro atoms. The Morgan fingerprint density at radius 1 is 1.32 bits per heavy atom. The number of urea groups is 1. The van der Waals surface area contributed by atoms with E-state index in [1.165, 1.54) is 5.56 Å². The molecule has 3 N–H and O–H groups in total. The average molecular weight is 340 g/mol. The number of aliphatic hydroxyl groups is 1. The Hall–Kier alpha value is -2.34. The number of benzene rings is 1. The van der Waals surface area contributed by atoms with Gasteiger partial charge >= 0.3 is 6.03 Å². The molecule has 0 aliphatic heterocycles. The van der Waals surface area contributed by atoms with Crippen molar-refractivity contribution in [2.75, 3.05) is 11.9 Å². The van der Waals surface area contributed by atoms with Crippen LogP contribution in [0.3, 0.4) is 0 Å². The Morgan fingerprint density at radius 3 is 2.68 bits per heavy atom. The van der Waals surface area contributed by atoms with E-state index in [1.54, 1.807) is 4.68 Å². The lowest BCUT2D eigenvalue weighted by atomic mass is 9.62. The predicted octanol–water partition coefficient (Wildman–Crippen LogP) is 2.51. The van der Waals surface area contributed by atoms with Crippen molar-refractivity contribution in [1.29, 1.82) is 0 Å². The Kier molecular flexibility index (Phi) is 4.00. The molecular formula is C19H24N4O2. The number of hydrogen-bond acceptors (Lipinski definition) is 3. The topological polar surface area (TPSA) is 79.2 Å². The fourth-order valence-corrected chi connectivity index (χ4v) is 3.79. The molecule has 1 aromatic heterocycles. The van der Waals surface area contributed by atoms with Gasteiger partial charge in [0.1, 0.15) is 0 Å². The number of rotatable bonds is 5. The number of aryl methyl sites for hydroxylation is 1. The Bertz CT molecular complexity index is 761. The first-order valence-electron chi connectivity index (χ1n) is 8.88. The smallest absolute Gasteiger partial charge is 0.319 e. The summed E-state index contributed by atoms with van der Waals surface area (Å²) in [7, 11) is 1.87. The molecule has 25 heavy (non-hydrogen) atoms. The van der Waals surface area contributed by atoms with Crippen molar-refractivity contribution in [2.24, 2.45) is 7.05 Å². The van der Waals surface area contributed by atoms with Gasteiger partial charge in [-0.1, -0.05) is 30.3 Å². The number of aromatic nitrogens is 2. The van der Waals surface area contributed by atoms with E-state index in [2.05, 4.69) is 27.9 Å². The highest BCUT2D eigenvalue weighted by Gasteiger charge is 2.45. The van der Waals surface area contributed by atoms with E-state index in [4.69, 9.17) is 0 Å². The lowest BCUT2D eigenvalue weighted by Gasteiger charge is -2.46. The summed E-state index contributed by atoms with van der Waals surface area (Å²) >= 11 is 0. The molecule has 2 saturated carbocycles. The van der Waals surface area contributed by atoms with Crippen molar-refractivity contribution in [1.82, 2.24) is 15.1 Å².